The van der Waals surface area contributed by atoms with Crippen LogP contribution in [0.3, 0.4) is 0 Å². The molecule has 0 atom stereocenters. The third-order valence-corrected chi connectivity index (χ3v) is 3.45. The number of hydrogen-bond donors (Lipinski definition) is 1. The second kappa shape index (κ2) is 6.56. The van der Waals surface area contributed by atoms with Crippen molar-refractivity contribution in [3.05, 3.63) is 46.8 Å². The molecule has 0 aliphatic rings. The largest absolute Gasteiger partial charge is 0.347 e. The highest BCUT2D eigenvalue weighted by atomic mass is 16.1. The lowest BCUT2D eigenvalue weighted by atomic mass is 10.1. The van der Waals surface area contributed by atoms with Crippen molar-refractivity contribution in [1.29, 1.82) is 0 Å². The fourth-order valence-corrected chi connectivity index (χ4v) is 2.12. The van der Waals surface area contributed by atoms with Gasteiger partial charge in [-0.15, -0.1) is 0 Å². The molecule has 1 amide bonds. The Bertz CT molecular complexity index is 729. The molecular weight excluding hydrogens is 292 g/mol. The minimum absolute atomic E-state index is 0.0312. The van der Waals surface area contributed by atoms with Gasteiger partial charge in [0.25, 0.3) is 5.91 Å². The minimum atomic E-state index is -0.257. The van der Waals surface area contributed by atoms with Crippen molar-refractivity contribution in [3.8, 4) is 0 Å². The first-order valence-corrected chi connectivity index (χ1v) is 7.24. The lowest BCUT2D eigenvalue weighted by Gasteiger charge is -2.15. The Morgan fingerprint density at radius 2 is 1.43 bits per heavy atom. The molecule has 1 aromatic carbocycles. The van der Waals surface area contributed by atoms with E-state index in [4.69, 9.17) is 0 Å². The summed E-state index contributed by atoms with van der Waals surface area (Å²) in [7, 11) is 3.73. The smallest absolute Gasteiger partial charge is 0.255 e. The van der Waals surface area contributed by atoms with Gasteiger partial charge >= 0.3 is 0 Å². The van der Waals surface area contributed by atoms with Crippen molar-refractivity contribution in [2.24, 2.45) is 0 Å². The number of benzene rings is 1. The second-order valence-corrected chi connectivity index (χ2v) is 5.55. The molecule has 120 valence electrons. The summed E-state index contributed by atoms with van der Waals surface area (Å²) in [5.41, 5.74) is 3.07. The van der Waals surface area contributed by atoms with Crippen LogP contribution in [-0.4, -0.2) is 35.8 Å². The molecule has 0 aliphatic carbocycles. The number of nitrogens with one attached hydrogen (secondary N) is 1. The number of aromatic nitrogens is 2. The molecule has 0 spiro atoms. The van der Waals surface area contributed by atoms with Crippen molar-refractivity contribution in [3.63, 3.8) is 0 Å². The molecule has 6 heteroatoms. The number of ketones is 1. The maximum atomic E-state index is 12.4. The van der Waals surface area contributed by atoms with Crippen LogP contribution in [-0.2, 0) is 0 Å². The number of aryl methyl sites for hydroxylation is 2. The molecule has 0 unspecified atom stereocenters. The van der Waals surface area contributed by atoms with Gasteiger partial charge in [-0.2, -0.15) is 0 Å². The summed E-state index contributed by atoms with van der Waals surface area (Å²) in [6, 6.07) is 6.54. The van der Waals surface area contributed by atoms with Gasteiger partial charge in [-0.25, -0.2) is 9.97 Å². The van der Waals surface area contributed by atoms with Gasteiger partial charge in [0.2, 0.25) is 5.95 Å². The summed E-state index contributed by atoms with van der Waals surface area (Å²) in [5, 5.41) is 2.84. The van der Waals surface area contributed by atoms with Gasteiger partial charge in [0, 0.05) is 25.2 Å². The maximum Gasteiger partial charge on any atom is 0.255 e. The Morgan fingerprint density at radius 3 is 1.87 bits per heavy atom. The highest BCUT2D eigenvalue weighted by Crippen LogP contribution is 2.20. The molecule has 0 fully saturated rings. The van der Waals surface area contributed by atoms with Crippen LogP contribution in [0.15, 0.2) is 24.3 Å². The highest BCUT2D eigenvalue weighted by molar-refractivity contribution is 6.05. The van der Waals surface area contributed by atoms with Crippen LogP contribution >= 0.6 is 0 Å². The average Bonchev–Trinajstić information content (AvgIpc) is 2.50. The predicted molar refractivity (Wildman–Crippen MR) is 90.2 cm³/mol. The zero-order valence-electron chi connectivity index (χ0n) is 14.0. The summed E-state index contributed by atoms with van der Waals surface area (Å²) < 4.78 is 0. The van der Waals surface area contributed by atoms with Crippen LogP contribution in [0.4, 0.5) is 11.6 Å². The highest BCUT2D eigenvalue weighted by Gasteiger charge is 2.14. The minimum Gasteiger partial charge on any atom is -0.347 e. The fraction of sp³-hybridized carbons (Fsp3) is 0.294. The van der Waals surface area contributed by atoms with E-state index in [1.165, 1.54) is 6.92 Å². The van der Waals surface area contributed by atoms with Crippen molar-refractivity contribution in [1.82, 2.24) is 9.97 Å². The number of carbonyl (C=O) groups is 2. The van der Waals surface area contributed by atoms with Crippen molar-refractivity contribution in [2.45, 2.75) is 20.8 Å². The summed E-state index contributed by atoms with van der Waals surface area (Å²) >= 11 is 0. The van der Waals surface area contributed by atoms with E-state index in [9.17, 15) is 9.59 Å². The zero-order chi connectivity index (χ0) is 17.1. The van der Waals surface area contributed by atoms with Crippen LogP contribution in [0.2, 0.25) is 0 Å². The number of rotatable bonds is 4. The van der Waals surface area contributed by atoms with E-state index >= 15 is 0 Å². The van der Waals surface area contributed by atoms with Crippen LogP contribution in [0.1, 0.15) is 39.0 Å². The van der Waals surface area contributed by atoms with Crippen molar-refractivity contribution < 1.29 is 9.59 Å². The summed E-state index contributed by atoms with van der Waals surface area (Å²) in [5.74, 6) is 0.313. The maximum absolute atomic E-state index is 12.4. The molecule has 0 aliphatic heterocycles. The van der Waals surface area contributed by atoms with Gasteiger partial charge in [0.1, 0.15) is 0 Å². The fourth-order valence-electron chi connectivity index (χ4n) is 2.12. The number of anilines is 2. The third-order valence-electron chi connectivity index (χ3n) is 3.45. The van der Waals surface area contributed by atoms with Gasteiger partial charge in [-0.3, -0.25) is 9.59 Å². The standard InChI is InChI=1S/C17H20N4O2/c1-10-15(11(2)19-17(18-10)21(4)5)20-16(23)14-8-6-13(7-9-14)12(3)22/h6-9H,1-5H3,(H,20,23). The summed E-state index contributed by atoms with van der Waals surface area (Å²) in [6.07, 6.45) is 0. The van der Waals surface area contributed by atoms with Gasteiger partial charge < -0.3 is 10.2 Å². The number of hydrogen-bond acceptors (Lipinski definition) is 5. The van der Waals surface area contributed by atoms with Crippen LogP contribution in [0.25, 0.3) is 0 Å². The SMILES string of the molecule is CC(=O)c1ccc(C(=O)Nc2c(C)nc(N(C)C)nc2C)cc1. The number of nitrogens with zero attached hydrogens (tertiary/aromatic N) is 3. The van der Waals surface area contributed by atoms with Crippen LogP contribution in [0.5, 0.6) is 0 Å². The van der Waals surface area contributed by atoms with Gasteiger partial charge in [-0.05, 0) is 32.9 Å². The Kier molecular flexibility index (Phi) is 4.74. The summed E-state index contributed by atoms with van der Waals surface area (Å²) in [4.78, 5) is 34.2. The monoisotopic (exact) mass is 312 g/mol. The number of carbonyl (C=O) groups excluding carboxylic acids is 2. The third kappa shape index (κ3) is 3.71. The molecule has 0 radical (unpaired) electrons. The number of amides is 1. The first-order valence-electron chi connectivity index (χ1n) is 7.24. The van der Waals surface area contributed by atoms with E-state index in [0.29, 0.717) is 34.2 Å². The van der Waals surface area contributed by atoms with E-state index in [2.05, 4.69) is 15.3 Å². The quantitative estimate of drug-likeness (QED) is 0.878. The zero-order valence-corrected chi connectivity index (χ0v) is 14.0. The lowest BCUT2D eigenvalue weighted by molar-refractivity contribution is 0.100. The lowest BCUT2D eigenvalue weighted by Crippen LogP contribution is -2.18. The molecule has 0 bridgehead atoms. The molecule has 1 heterocycles. The Balaban J connectivity index is 2.25. The summed E-state index contributed by atoms with van der Waals surface area (Å²) in [6.45, 7) is 5.15. The molecular formula is C17H20N4O2. The van der Waals surface area contributed by atoms with E-state index in [-0.39, 0.29) is 11.7 Å². The Morgan fingerprint density at radius 1 is 0.957 bits per heavy atom. The van der Waals surface area contributed by atoms with Gasteiger partial charge in [-0.1, -0.05) is 12.1 Å². The first kappa shape index (κ1) is 16.6. The molecule has 1 aromatic heterocycles. The van der Waals surface area contributed by atoms with E-state index in [0.717, 1.165) is 0 Å². The van der Waals surface area contributed by atoms with Gasteiger partial charge in [0.05, 0.1) is 17.1 Å². The van der Waals surface area contributed by atoms with E-state index < -0.39 is 0 Å². The van der Waals surface area contributed by atoms with Crippen LogP contribution in [0, 0.1) is 13.8 Å². The van der Waals surface area contributed by atoms with Crippen LogP contribution < -0.4 is 10.2 Å². The normalized spacial score (nSPS) is 10.3. The number of Topliss-reactive ketones (excluding diaryl/α,β-unsaturated/α-hetero) is 1. The molecule has 2 rings (SSSR count). The van der Waals surface area contributed by atoms with E-state index in [1.807, 2.05) is 32.8 Å². The predicted octanol–water partition coefficient (Wildman–Crippen LogP) is 2.61. The molecule has 0 saturated carbocycles. The molecule has 6 nitrogen and oxygen atoms in total. The average molecular weight is 312 g/mol. The molecule has 2 aromatic rings. The topological polar surface area (TPSA) is 75.2 Å². The molecule has 1 N–H and O–H groups in total. The Hall–Kier alpha value is -2.76. The first-order chi connectivity index (χ1) is 10.8. The molecule has 0 saturated heterocycles. The second-order valence-electron chi connectivity index (χ2n) is 5.55. The van der Waals surface area contributed by atoms with Crippen molar-refractivity contribution >= 4 is 23.3 Å². The van der Waals surface area contributed by atoms with Crippen molar-refractivity contribution in [2.75, 3.05) is 24.3 Å². The van der Waals surface area contributed by atoms with E-state index in [1.54, 1.807) is 24.3 Å². The molecule has 23 heavy (non-hydrogen) atoms. The Labute approximate surface area is 135 Å². The van der Waals surface area contributed by atoms with Gasteiger partial charge in [0.15, 0.2) is 5.78 Å².